The lowest BCUT2D eigenvalue weighted by Crippen LogP contribution is -2.48. The molecule has 2 amide bonds. The van der Waals surface area contributed by atoms with Crippen LogP contribution in [-0.2, 0) is 16.0 Å². The number of ether oxygens (including phenoxy) is 1. The zero-order valence-corrected chi connectivity index (χ0v) is 27.7. The normalized spacial score (nSPS) is 16.9. The highest BCUT2D eigenvalue weighted by molar-refractivity contribution is 6.28. The molecule has 4 aromatic rings. The summed E-state index contributed by atoms with van der Waals surface area (Å²) < 4.78 is 5.76. The van der Waals surface area contributed by atoms with Crippen LogP contribution in [0.5, 0.6) is 5.88 Å². The third-order valence-corrected chi connectivity index (χ3v) is 8.70. The number of benzene rings is 2. The molecule has 1 saturated carbocycles. The fourth-order valence-electron chi connectivity index (χ4n) is 5.73. The highest BCUT2D eigenvalue weighted by Crippen LogP contribution is 2.29. The molecule has 0 saturated heterocycles. The van der Waals surface area contributed by atoms with Crippen molar-refractivity contribution in [2.75, 3.05) is 39.1 Å². The van der Waals surface area contributed by atoms with Crippen molar-refractivity contribution in [3.05, 3.63) is 77.7 Å². The van der Waals surface area contributed by atoms with Gasteiger partial charge in [0.05, 0.1) is 6.61 Å². The molecule has 0 aliphatic heterocycles. The van der Waals surface area contributed by atoms with E-state index >= 15 is 0 Å². The second-order valence-corrected chi connectivity index (χ2v) is 12.7. The summed E-state index contributed by atoms with van der Waals surface area (Å²) >= 11 is 5.86. The monoisotopic (exact) mass is 658 g/mol. The second kappa shape index (κ2) is 16.5. The van der Waals surface area contributed by atoms with Gasteiger partial charge in [-0.05, 0) is 112 Å². The van der Waals surface area contributed by atoms with Gasteiger partial charge in [-0.25, -0.2) is 4.98 Å². The Morgan fingerprint density at radius 3 is 2.30 bits per heavy atom. The first kappa shape index (κ1) is 34.0. The van der Waals surface area contributed by atoms with Crippen molar-refractivity contribution >= 4 is 29.1 Å². The number of nitrogens with one attached hydrogen (secondary N) is 3. The van der Waals surface area contributed by atoms with Crippen LogP contribution in [0.3, 0.4) is 0 Å². The van der Waals surface area contributed by atoms with Gasteiger partial charge in [-0.15, -0.1) is 10.2 Å². The van der Waals surface area contributed by atoms with Crippen molar-refractivity contribution in [1.82, 2.24) is 30.4 Å². The van der Waals surface area contributed by atoms with Gasteiger partial charge in [-0.1, -0.05) is 24.3 Å². The van der Waals surface area contributed by atoms with Crippen molar-refractivity contribution in [3.8, 4) is 28.4 Å². The number of hydrogen-bond donors (Lipinski definition) is 4. The van der Waals surface area contributed by atoms with E-state index in [1.54, 1.807) is 18.3 Å². The Bertz CT molecular complexity index is 1580. The van der Waals surface area contributed by atoms with E-state index in [1.165, 1.54) is 0 Å². The molecule has 47 heavy (non-hydrogen) atoms. The van der Waals surface area contributed by atoms with Crippen LogP contribution in [0.25, 0.3) is 22.5 Å². The number of nitrogens with zero attached hydrogens (tertiary/aromatic N) is 4. The van der Waals surface area contributed by atoms with Crippen molar-refractivity contribution in [3.63, 3.8) is 0 Å². The lowest BCUT2D eigenvalue weighted by Gasteiger charge is -2.28. The number of H-pyrrole nitrogens is 1. The van der Waals surface area contributed by atoms with Gasteiger partial charge in [0.2, 0.25) is 23.0 Å². The Hall–Kier alpha value is -4.32. The van der Waals surface area contributed by atoms with Gasteiger partial charge >= 0.3 is 0 Å². The molecule has 2 aromatic heterocycles. The molecule has 0 radical (unpaired) electrons. The van der Waals surface area contributed by atoms with E-state index in [-0.39, 0.29) is 23.0 Å². The first-order chi connectivity index (χ1) is 22.8. The third-order valence-electron chi connectivity index (χ3n) is 8.53. The molecule has 11 nitrogen and oxygen atoms in total. The summed E-state index contributed by atoms with van der Waals surface area (Å²) in [5.74, 6) is 1.07. The Labute approximate surface area is 280 Å². The summed E-state index contributed by atoms with van der Waals surface area (Å²) in [6, 6.07) is 18.3. The molecule has 5 N–H and O–H groups in total. The van der Waals surface area contributed by atoms with Gasteiger partial charge in [0, 0.05) is 48.0 Å². The predicted octanol–water partition coefficient (Wildman–Crippen LogP) is 4.95. The van der Waals surface area contributed by atoms with Crippen molar-refractivity contribution in [2.45, 2.75) is 44.6 Å². The Balaban J connectivity index is 1.24. The zero-order valence-electron chi connectivity index (χ0n) is 26.9. The molecule has 2 aromatic carbocycles. The number of carbonyl (C=O) groups is 2. The first-order valence-corrected chi connectivity index (χ1v) is 16.5. The molecule has 5 rings (SSSR count). The molecule has 248 valence electrons. The minimum absolute atomic E-state index is 0.0927. The standard InChI is InChI=1S/C35H43ClN8O3/c1-44(2)18-3-19-47-31-17-14-28(22-38-31)25-8-4-23(5-9-25)20-30(40-33(45)27-10-6-24(21-37)7-11-27)34(46)39-29-15-12-26(13-16-29)32-41-35(36)43-42-32/h4-5,8-9,12-17,22,24,27,30H,3,6-7,10-11,18-21,37H2,1-2H3,(H,39,46)(H,40,45)(H,41,42,43)/t24?,27?,30-/m0/s1. The maximum Gasteiger partial charge on any atom is 0.247 e. The number of amides is 2. The Kier molecular flexibility index (Phi) is 11.9. The SMILES string of the molecule is CN(C)CCCOc1ccc(-c2ccc(C[C@H](NC(=O)C3CCC(CN)CC3)C(=O)Nc3ccc(-c4nnc(Cl)[nH]4)cc3)cc2)cn1. The average Bonchev–Trinajstić information content (AvgIpc) is 3.53. The molecule has 1 aliphatic carbocycles. The summed E-state index contributed by atoms with van der Waals surface area (Å²) in [5.41, 5.74) is 10.1. The maximum absolute atomic E-state index is 13.6. The lowest BCUT2D eigenvalue weighted by molar-refractivity contribution is -0.130. The Morgan fingerprint density at radius 2 is 1.68 bits per heavy atom. The number of carbonyl (C=O) groups excluding carboxylic acids is 2. The summed E-state index contributed by atoms with van der Waals surface area (Å²) in [5, 5.41) is 14.0. The number of rotatable bonds is 14. The van der Waals surface area contributed by atoms with Gasteiger partial charge in [0.15, 0.2) is 5.82 Å². The molecule has 1 fully saturated rings. The summed E-state index contributed by atoms with van der Waals surface area (Å²) in [4.78, 5) is 36.5. The van der Waals surface area contributed by atoms with Crippen molar-refractivity contribution in [2.24, 2.45) is 17.6 Å². The van der Waals surface area contributed by atoms with Crippen LogP contribution >= 0.6 is 11.6 Å². The molecule has 0 unspecified atom stereocenters. The number of aromatic nitrogens is 4. The van der Waals surface area contributed by atoms with Gasteiger partial charge in [0.1, 0.15) is 6.04 Å². The van der Waals surface area contributed by atoms with Crippen LogP contribution in [0, 0.1) is 11.8 Å². The van der Waals surface area contributed by atoms with E-state index in [2.05, 4.69) is 35.7 Å². The highest BCUT2D eigenvalue weighted by atomic mass is 35.5. The van der Waals surface area contributed by atoms with Crippen LogP contribution in [0.4, 0.5) is 5.69 Å². The molecule has 12 heteroatoms. The molecule has 0 spiro atoms. The fraction of sp³-hybridized carbons (Fsp3) is 0.400. The number of nitrogens with two attached hydrogens (primary N) is 1. The van der Waals surface area contributed by atoms with E-state index in [9.17, 15) is 9.59 Å². The smallest absolute Gasteiger partial charge is 0.247 e. The van der Waals surface area contributed by atoms with Gasteiger partial charge in [0.25, 0.3) is 0 Å². The van der Waals surface area contributed by atoms with Gasteiger partial charge in [-0.3, -0.25) is 9.59 Å². The lowest BCUT2D eigenvalue weighted by atomic mass is 9.81. The maximum atomic E-state index is 13.6. The molecule has 1 aliphatic rings. The number of anilines is 1. The highest BCUT2D eigenvalue weighted by Gasteiger charge is 2.29. The second-order valence-electron chi connectivity index (χ2n) is 12.3. The molecular formula is C35H43ClN8O3. The minimum Gasteiger partial charge on any atom is -0.478 e. The third kappa shape index (κ3) is 9.84. The quantitative estimate of drug-likeness (QED) is 0.139. The molecule has 1 atom stereocenters. The topological polar surface area (TPSA) is 151 Å². The summed E-state index contributed by atoms with van der Waals surface area (Å²) in [6.07, 6.45) is 6.47. The zero-order chi connectivity index (χ0) is 33.2. The number of aromatic amines is 1. The van der Waals surface area contributed by atoms with E-state index in [0.29, 0.717) is 42.9 Å². The molecule has 2 heterocycles. The number of hydrogen-bond acceptors (Lipinski definition) is 8. The fourth-order valence-corrected chi connectivity index (χ4v) is 5.86. The largest absolute Gasteiger partial charge is 0.478 e. The first-order valence-electron chi connectivity index (χ1n) is 16.1. The Morgan fingerprint density at radius 1 is 0.979 bits per heavy atom. The van der Waals surface area contributed by atoms with Gasteiger partial charge in [-0.2, -0.15) is 0 Å². The minimum atomic E-state index is -0.765. The van der Waals surface area contributed by atoms with Crippen molar-refractivity contribution < 1.29 is 14.3 Å². The summed E-state index contributed by atoms with van der Waals surface area (Å²) in [7, 11) is 4.08. The predicted molar refractivity (Wildman–Crippen MR) is 184 cm³/mol. The summed E-state index contributed by atoms with van der Waals surface area (Å²) in [6.45, 7) is 2.21. The van der Waals surface area contributed by atoms with Crippen LogP contribution in [0.1, 0.15) is 37.7 Å². The van der Waals surface area contributed by atoms with E-state index in [4.69, 9.17) is 22.1 Å². The van der Waals surface area contributed by atoms with Crippen LogP contribution < -0.4 is 21.1 Å². The van der Waals surface area contributed by atoms with Crippen LogP contribution in [0.15, 0.2) is 66.9 Å². The number of halogens is 1. The van der Waals surface area contributed by atoms with Crippen LogP contribution in [-0.4, -0.2) is 76.7 Å². The number of pyridine rings is 1. The molecule has 0 bridgehead atoms. The average molecular weight is 659 g/mol. The van der Waals surface area contributed by atoms with E-state index in [1.807, 2.05) is 62.6 Å². The van der Waals surface area contributed by atoms with Crippen LogP contribution in [0.2, 0.25) is 5.28 Å². The van der Waals surface area contributed by atoms with E-state index < -0.39 is 6.04 Å². The van der Waals surface area contributed by atoms with E-state index in [0.717, 1.165) is 60.9 Å². The van der Waals surface area contributed by atoms with Gasteiger partial charge < -0.3 is 31.0 Å². The van der Waals surface area contributed by atoms with Crippen molar-refractivity contribution in [1.29, 1.82) is 0 Å². The molecular weight excluding hydrogens is 616 g/mol.